The number of aromatic nitrogens is 2. The number of carbonyl (C=O) groups excluding carboxylic acids is 1. The monoisotopic (exact) mass is 346 g/mol. The Bertz CT molecular complexity index is 824. The molecule has 1 atom stereocenters. The lowest BCUT2D eigenvalue weighted by Gasteiger charge is -2.24. The van der Waals surface area contributed by atoms with Crippen LogP contribution in [0.25, 0.3) is 10.1 Å². The average molecular weight is 346 g/mol. The van der Waals surface area contributed by atoms with E-state index < -0.39 is 0 Å². The van der Waals surface area contributed by atoms with Gasteiger partial charge >= 0.3 is 0 Å². The molecule has 0 saturated carbocycles. The molecular formula is C16H18N4OS2. The van der Waals surface area contributed by atoms with E-state index >= 15 is 0 Å². The lowest BCUT2D eigenvalue weighted by molar-refractivity contribution is 0.0945. The fourth-order valence-electron chi connectivity index (χ4n) is 2.54. The summed E-state index contributed by atoms with van der Waals surface area (Å²) >= 11 is 2.87. The Morgan fingerprint density at radius 2 is 2.13 bits per heavy atom. The van der Waals surface area contributed by atoms with Gasteiger partial charge in [0, 0.05) is 11.2 Å². The van der Waals surface area contributed by atoms with E-state index in [-0.39, 0.29) is 11.9 Å². The third kappa shape index (κ3) is 3.26. The smallest absolute Gasteiger partial charge is 0.265 e. The maximum Gasteiger partial charge on any atom is 0.265 e. The number of hydrogen-bond acceptors (Lipinski definition) is 6. The Labute approximate surface area is 143 Å². The fraction of sp³-hybridized carbons (Fsp3) is 0.312. The first-order valence-corrected chi connectivity index (χ1v) is 8.93. The summed E-state index contributed by atoms with van der Waals surface area (Å²) in [6.07, 6.45) is 0. The molecule has 120 valence electrons. The van der Waals surface area contributed by atoms with Crippen LogP contribution in [0.4, 0.5) is 0 Å². The van der Waals surface area contributed by atoms with Crippen molar-refractivity contribution < 1.29 is 4.79 Å². The normalized spacial score (nSPS) is 12.7. The largest absolute Gasteiger partial charge is 0.349 e. The van der Waals surface area contributed by atoms with Gasteiger partial charge in [-0.3, -0.25) is 4.79 Å². The van der Waals surface area contributed by atoms with Gasteiger partial charge in [0.2, 0.25) is 0 Å². The molecule has 0 aliphatic rings. The number of likely N-dealkylation sites (N-methyl/N-ethyl adjacent to an activating group) is 1. The van der Waals surface area contributed by atoms with Crippen LogP contribution in [0.15, 0.2) is 29.6 Å². The highest BCUT2D eigenvalue weighted by Gasteiger charge is 2.20. The zero-order valence-corrected chi connectivity index (χ0v) is 14.9. The van der Waals surface area contributed by atoms with Crippen LogP contribution < -0.4 is 5.32 Å². The molecule has 23 heavy (non-hydrogen) atoms. The number of fused-ring (bicyclic) bond motifs is 1. The van der Waals surface area contributed by atoms with Gasteiger partial charge in [0.15, 0.2) is 0 Å². The van der Waals surface area contributed by atoms with Crippen molar-refractivity contribution in [2.24, 2.45) is 0 Å². The summed E-state index contributed by atoms with van der Waals surface area (Å²) in [6, 6.07) is 8.49. The van der Waals surface area contributed by atoms with Gasteiger partial charge in [0.1, 0.15) is 4.88 Å². The molecule has 7 heteroatoms. The Kier molecular flexibility index (Phi) is 4.70. The molecule has 0 bridgehead atoms. The molecule has 2 aromatic heterocycles. The maximum absolute atomic E-state index is 12.3. The lowest BCUT2D eigenvalue weighted by atomic mass is 10.0. The molecule has 0 spiro atoms. The summed E-state index contributed by atoms with van der Waals surface area (Å²) in [4.78, 5) is 15.0. The number of nitrogens with one attached hydrogen (secondary N) is 1. The first kappa shape index (κ1) is 16.0. The molecule has 5 nitrogen and oxygen atoms in total. The first-order chi connectivity index (χ1) is 11.1. The van der Waals surface area contributed by atoms with Gasteiger partial charge in [-0.05, 0) is 54.9 Å². The molecule has 0 aliphatic heterocycles. The summed E-state index contributed by atoms with van der Waals surface area (Å²) in [7, 11) is 4.06. The number of hydrogen-bond donors (Lipinski definition) is 1. The summed E-state index contributed by atoms with van der Waals surface area (Å²) in [5.74, 6) is -0.108. The Balaban J connectivity index is 1.80. The van der Waals surface area contributed by atoms with Gasteiger partial charge in [-0.25, -0.2) is 0 Å². The Morgan fingerprint density at radius 3 is 2.83 bits per heavy atom. The van der Waals surface area contributed by atoms with Crippen molar-refractivity contribution in [3.05, 3.63) is 45.8 Å². The predicted octanol–water partition coefficient (Wildman–Crippen LogP) is 3.09. The van der Waals surface area contributed by atoms with Crippen LogP contribution in [-0.4, -0.2) is 41.0 Å². The summed E-state index contributed by atoms with van der Waals surface area (Å²) in [5.41, 5.74) is 1.92. The molecular weight excluding hydrogens is 328 g/mol. The van der Waals surface area contributed by atoms with Crippen molar-refractivity contribution in [2.45, 2.75) is 13.0 Å². The van der Waals surface area contributed by atoms with Crippen molar-refractivity contribution >= 4 is 38.9 Å². The molecule has 1 N–H and O–H groups in total. The second-order valence-corrected chi connectivity index (χ2v) is 7.23. The van der Waals surface area contributed by atoms with Gasteiger partial charge in [0.05, 0.1) is 11.7 Å². The van der Waals surface area contributed by atoms with E-state index in [4.69, 9.17) is 0 Å². The van der Waals surface area contributed by atoms with Crippen LogP contribution in [0, 0.1) is 6.92 Å². The van der Waals surface area contributed by atoms with Crippen LogP contribution in [-0.2, 0) is 0 Å². The minimum Gasteiger partial charge on any atom is -0.349 e. The van der Waals surface area contributed by atoms with Crippen LogP contribution >= 0.6 is 22.9 Å². The number of amides is 1. The topological polar surface area (TPSA) is 58.1 Å². The van der Waals surface area contributed by atoms with Crippen molar-refractivity contribution in [3.63, 3.8) is 0 Å². The summed E-state index contributed by atoms with van der Waals surface area (Å²) in [6.45, 7) is 2.35. The van der Waals surface area contributed by atoms with E-state index in [0.717, 1.165) is 11.5 Å². The molecule has 0 fully saturated rings. The number of thiophene rings is 1. The molecule has 0 radical (unpaired) electrons. The standard InChI is InChI=1S/C16H18N4OS2/c1-10-15(23-19-18-10)16(21)17-8-13(20(2)3)12-9-22-14-7-5-4-6-11(12)14/h4-7,9,13H,8H2,1-3H3,(H,17,21). The highest BCUT2D eigenvalue weighted by molar-refractivity contribution is 7.17. The number of carbonyl (C=O) groups is 1. The third-order valence-corrected chi connectivity index (χ3v) is 5.62. The van der Waals surface area contributed by atoms with Crippen molar-refractivity contribution in [2.75, 3.05) is 20.6 Å². The first-order valence-electron chi connectivity index (χ1n) is 7.27. The van der Waals surface area contributed by atoms with E-state index in [0.29, 0.717) is 17.1 Å². The van der Waals surface area contributed by atoms with Crippen molar-refractivity contribution in [1.82, 2.24) is 19.8 Å². The molecule has 1 unspecified atom stereocenters. The van der Waals surface area contributed by atoms with E-state index in [2.05, 4.69) is 49.4 Å². The second-order valence-electron chi connectivity index (χ2n) is 5.56. The van der Waals surface area contributed by atoms with Crippen LogP contribution in [0.2, 0.25) is 0 Å². The highest BCUT2D eigenvalue weighted by Crippen LogP contribution is 2.32. The zero-order chi connectivity index (χ0) is 16.4. The van der Waals surface area contributed by atoms with Crippen LogP contribution in [0.3, 0.4) is 0 Å². The highest BCUT2D eigenvalue weighted by atomic mass is 32.1. The van der Waals surface area contributed by atoms with Gasteiger partial charge in [0.25, 0.3) is 5.91 Å². The minimum atomic E-state index is -0.108. The fourth-order valence-corrected chi connectivity index (χ4v) is 4.12. The number of nitrogens with zero attached hydrogens (tertiary/aromatic N) is 3. The second kappa shape index (κ2) is 6.74. The van der Waals surface area contributed by atoms with Crippen molar-refractivity contribution in [3.8, 4) is 0 Å². The zero-order valence-electron chi connectivity index (χ0n) is 13.2. The van der Waals surface area contributed by atoms with Gasteiger partial charge in [-0.2, -0.15) is 0 Å². The molecule has 0 saturated heterocycles. The van der Waals surface area contributed by atoms with Crippen LogP contribution in [0.5, 0.6) is 0 Å². The maximum atomic E-state index is 12.3. The molecule has 1 aromatic carbocycles. The van der Waals surface area contributed by atoms with E-state index in [1.165, 1.54) is 15.6 Å². The summed E-state index contributed by atoms with van der Waals surface area (Å²) < 4.78 is 5.08. The Hall–Kier alpha value is -1.83. The SMILES string of the molecule is Cc1nnsc1C(=O)NCC(c1csc2ccccc12)N(C)C. The van der Waals surface area contributed by atoms with Gasteiger partial charge < -0.3 is 10.2 Å². The summed E-state index contributed by atoms with van der Waals surface area (Å²) in [5, 5.41) is 10.3. The third-order valence-electron chi connectivity index (χ3n) is 3.81. The molecule has 2 heterocycles. The van der Waals surface area contributed by atoms with Gasteiger partial charge in [-0.15, -0.1) is 16.4 Å². The molecule has 0 aliphatic carbocycles. The molecule has 3 rings (SSSR count). The van der Waals surface area contributed by atoms with Crippen molar-refractivity contribution in [1.29, 1.82) is 0 Å². The average Bonchev–Trinajstić information content (AvgIpc) is 3.14. The number of benzene rings is 1. The Morgan fingerprint density at radius 1 is 1.35 bits per heavy atom. The van der Waals surface area contributed by atoms with Crippen LogP contribution in [0.1, 0.15) is 27.0 Å². The number of rotatable bonds is 5. The van der Waals surface area contributed by atoms with E-state index in [9.17, 15) is 4.79 Å². The lowest BCUT2D eigenvalue weighted by Crippen LogP contribution is -2.34. The quantitative estimate of drug-likeness (QED) is 0.771. The van der Waals surface area contributed by atoms with E-state index in [1.807, 2.05) is 14.1 Å². The predicted molar refractivity (Wildman–Crippen MR) is 95.2 cm³/mol. The molecule has 3 aromatic rings. The van der Waals surface area contributed by atoms with E-state index in [1.54, 1.807) is 18.3 Å². The van der Waals surface area contributed by atoms with Gasteiger partial charge in [-0.1, -0.05) is 22.7 Å². The number of aryl methyl sites for hydroxylation is 1. The minimum absolute atomic E-state index is 0.108. The molecule has 1 amide bonds.